The van der Waals surface area contributed by atoms with E-state index in [1.54, 1.807) is 0 Å². The highest BCUT2D eigenvalue weighted by Crippen LogP contribution is 2.04. The lowest BCUT2D eigenvalue weighted by Crippen LogP contribution is -1.86. The summed E-state index contributed by atoms with van der Waals surface area (Å²) >= 11 is 3.44. The summed E-state index contributed by atoms with van der Waals surface area (Å²) in [6, 6.07) is 0. The molecule has 46 valence electrons. The average Bonchev–Trinajstić information content (AvgIpc) is 1.66. The summed E-state index contributed by atoms with van der Waals surface area (Å²) < 4.78 is 0. The van der Waals surface area contributed by atoms with E-state index in [9.17, 15) is 0 Å². The van der Waals surface area contributed by atoms with Gasteiger partial charge in [0.25, 0.3) is 0 Å². The van der Waals surface area contributed by atoms with Crippen molar-refractivity contribution in [1.29, 1.82) is 0 Å². The Morgan fingerprint density at radius 2 is 2.25 bits per heavy atom. The molecule has 0 saturated heterocycles. The standard InChI is InChI=1S/C7H11Br/c1-3-4-5-6-7(2)8/h7H,5-6H2,1-2H3. The van der Waals surface area contributed by atoms with Crippen molar-refractivity contribution in [2.45, 2.75) is 31.5 Å². The molecule has 0 N–H and O–H groups in total. The molecule has 0 radical (unpaired) electrons. The van der Waals surface area contributed by atoms with E-state index in [-0.39, 0.29) is 0 Å². The molecular formula is C7H11Br. The van der Waals surface area contributed by atoms with Crippen LogP contribution in [0.5, 0.6) is 0 Å². The Bertz CT molecular complexity index is 94.7. The molecule has 0 rings (SSSR count). The minimum atomic E-state index is 0.614. The van der Waals surface area contributed by atoms with E-state index in [2.05, 4.69) is 34.7 Å². The predicted octanol–water partition coefficient (Wildman–Crippen LogP) is 2.57. The summed E-state index contributed by atoms with van der Waals surface area (Å²) in [5.74, 6) is 5.85. The van der Waals surface area contributed by atoms with Crippen molar-refractivity contribution in [3.63, 3.8) is 0 Å². The summed E-state index contributed by atoms with van der Waals surface area (Å²) in [6.07, 6.45) is 2.17. The summed E-state index contributed by atoms with van der Waals surface area (Å²) in [4.78, 5) is 0.614. The SMILES string of the molecule is CC#CCCC(C)Br. The lowest BCUT2D eigenvalue weighted by Gasteiger charge is -1.93. The van der Waals surface area contributed by atoms with Crippen molar-refractivity contribution in [2.24, 2.45) is 0 Å². The van der Waals surface area contributed by atoms with Crippen LogP contribution in [0.25, 0.3) is 0 Å². The number of hydrogen-bond donors (Lipinski definition) is 0. The third kappa shape index (κ3) is 6.04. The molecule has 0 saturated carbocycles. The maximum Gasteiger partial charge on any atom is 0.0126 e. The zero-order valence-corrected chi connectivity index (χ0v) is 6.96. The molecule has 1 atom stereocenters. The van der Waals surface area contributed by atoms with Gasteiger partial charge in [0, 0.05) is 11.2 Å². The number of hydrogen-bond acceptors (Lipinski definition) is 0. The Kier molecular flexibility index (Phi) is 5.21. The molecule has 0 amide bonds. The number of rotatable bonds is 2. The van der Waals surface area contributed by atoms with Gasteiger partial charge in [0.15, 0.2) is 0 Å². The van der Waals surface area contributed by atoms with Crippen LogP contribution in [0.3, 0.4) is 0 Å². The molecule has 0 aliphatic heterocycles. The van der Waals surface area contributed by atoms with Gasteiger partial charge in [-0.3, -0.25) is 0 Å². The van der Waals surface area contributed by atoms with E-state index in [0.29, 0.717) is 4.83 Å². The highest BCUT2D eigenvalue weighted by atomic mass is 79.9. The van der Waals surface area contributed by atoms with E-state index < -0.39 is 0 Å². The Labute approximate surface area is 59.8 Å². The molecule has 0 spiro atoms. The molecule has 0 aromatic rings. The lowest BCUT2D eigenvalue weighted by molar-refractivity contribution is 0.858. The Morgan fingerprint density at radius 1 is 1.62 bits per heavy atom. The van der Waals surface area contributed by atoms with Crippen molar-refractivity contribution in [2.75, 3.05) is 0 Å². The maximum absolute atomic E-state index is 3.44. The minimum absolute atomic E-state index is 0.614. The maximum atomic E-state index is 3.44. The van der Waals surface area contributed by atoms with Crippen LogP contribution in [0, 0.1) is 11.8 Å². The van der Waals surface area contributed by atoms with Crippen molar-refractivity contribution < 1.29 is 0 Å². The summed E-state index contributed by atoms with van der Waals surface area (Å²) in [5.41, 5.74) is 0. The van der Waals surface area contributed by atoms with E-state index in [1.807, 2.05) is 6.92 Å². The van der Waals surface area contributed by atoms with Gasteiger partial charge in [-0.1, -0.05) is 22.9 Å². The molecule has 0 aromatic heterocycles. The van der Waals surface area contributed by atoms with E-state index in [0.717, 1.165) is 12.8 Å². The van der Waals surface area contributed by atoms with Crippen LogP contribution in [-0.2, 0) is 0 Å². The highest BCUT2D eigenvalue weighted by Gasteiger charge is 1.89. The molecule has 0 heterocycles. The van der Waals surface area contributed by atoms with Crippen LogP contribution >= 0.6 is 15.9 Å². The first-order chi connectivity index (χ1) is 3.77. The van der Waals surface area contributed by atoms with Gasteiger partial charge in [0.1, 0.15) is 0 Å². The normalized spacial score (nSPS) is 11.9. The summed E-state index contributed by atoms with van der Waals surface area (Å²) in [7, 11) is 0. The molecule has 0 bridgehead atoms. The fourth-order valence-electron chi connectivity index (χ4n) is 0.396. The van der Waals surface area contributed by atoms with Gasteiger partial charge in [-0.15, -0.1) is 11.8 Å². The lowest BCUT2D eigenvalue weighted by atomic mass is 10.2. The Balaban J connectivity index is 3.01. The number of alkyl halides is 1. The van der Waals surface area contributed by atoms with E-state index in [4.69, 9.17) is 0 Å². The topological polar surface area (TPSA) is 0 Å². The molecule has 0 fully saturated rings. The molecular weight excluding hydrogens is 164 g/mol. The zero-order valence-electron chi connectivity index (χ0n) is 5.37. The van der Waals surface area contributed by atoms with Crippen molar-refractivity contribution in [1.82, 2.24) is 0 Å². The Hall–Kier alpha value is 0.0400. The fraction of sp³-hybridized carbons (Fsp3) is 0.714. The second kappa shape index (κ2) is 5.18. The molecule has 1 unspecified atom stereocenters. The quantitative estimate of drug-likeness (QED) is 0.447. The Morgan fingerprint density at radius 3 is 2.62 bits per heavy atom. The highest BCUT2D eigenvalue weighted by molar-refractivity contribution is 9.09. The van der Waals surface area contributed by atoms with Gasteiger partial charge in [-0.2, -0.15) is 0 Å². The third-order valence-electron chi connectivity index (χ3n) is 0.844. The first-order valence-electron chi connectivity index (χ1n) is 2.81. The molecule has 0 aliphatic rings. The first-order valence-corrected chi connectivity index (χ1v) is 3.72. The van der Waals surface area contributed by atoms with Crippen LogP contribution < -0.4 is 0 Å². The largest absolute Gasteiger partial charge is 0.107 e. The second-order valence-electron chi connectivity index (χ2n) is 1.75. The van der Waals surface area contributed by atoms with Crippen LogP contribution in [0.2, 0.25) is 0 Å². The van der Waals surface area contributed by atoms with Crippen molar-refractivity contribution >= 4 is 15.9 Å². The van der Waals surface area contributed by atoms with Gasteiger partial charge < -0.3 is 0 Å². The summed E-state index contributed by atoms with van der Waals surface area (Å²) in [5, 5.41) is 0. The van der Waals surface area contributed by atoms with E-state index in [1.165, 1.54) is 0 Å². The van der Waals surface area contributed by atoms with E-state index >= 15 is 0 Å². The van der Waals surface area contributed by atoms with Gasteiger partial charge >= 0.3 is 0 Å². The van der Waals surface area contributed by atoms with Crippen LogP contribution in [0.15, 0.2) is 0 Å². The van der Waals surface area contributed by atoms with Gasteiger partial charge in [0.05, 0.1) is 0 Å². The summed E-state index contributed by atoms with van der Waals surface area (Å²) in [6.45, 7) is 4.01. The molecule has 8 heavy (non-hydrogen) atoms. The average molecular weight is 175 g/mol. The third-order valence-corrected chi connectivity index (χ3v) is 1.30. The molecule has 0 nitrogen and oxygen atoms in total. The van der Waals surface area contributed by atoms with Crippen molar-refractivity contribution in [3.05, 3.63) is 0 Å². The monoisotopic (exact) mass is 174 g/mol. The molecule has 1 heteroatoms. The first kappa shape index (κ1) is 8.04. The van der Waals surface area contributed by atoms with Crippen molar-refractivity contribution in [3.8, 4) is 11.8 Å². The number of halogens is 1. The van der Waals surface area contributed by atoms with Gasteiger partial charge in [-0.05, 0) is 13.3 Å². The molecule has 0 aliphatic carbocycles. The smallest absolute Gasteiger partial charge is 0.0126 e. The second-order valence-corrected chi connectivity index (χ2v) is 3.31. The van der Waals surface area contributed by atoms with Gasteiger partial charge in [-0.25, -0.2) is 0 Å². The van der Waals surface area contributed by atoms with Crippen LogP contribution in [-0.4, -0.2) is 4.83 Å². The fourth-order valence-corrected chi connectivity index (χ4v) is 0.625. The van der Waals surface area contributed by atoms with Crippen LogP contribution in [0.1, 0.15) is 26.7 Å². The molecule has 0 aromatic carbocycles. The predicted molar refractivity (Wildman–Crippen MR) is 41.1 cm³/mol. The van der Waals surface area contributed by atoms with Gasteiger partial charge in [0.2, 0.25) is 0 Å². The minimum Gasteiger partial charge on any atom is -0.107 e. The van der Waals surface area contributed by atoms with Crippen LogP contribution in [0.4, 0.5) is 0 Å². The zero-order chi connectivity index (χ0) is 6.41.